The van der Waals surface area contributed by atoms with Crippen molar-refractivity contribution in [2.75, 3.05) is 28.3 Å². The lowest BCUT2D eigenvalue weighted by Crippen LogP contribution is -2.10. The molecule has 0 aliphatic rings. The van der Waals surface area contributed by atoms with Crippen LogP contribution >= 0.6 is 0 Å². The molecule has 0 aliphatic heterocycles. The molecule has 0 atom stereocenters. The van der Waals surface area contributed by atoms with Crippen LogP contribution in [0.1, 0.15) is 15.9 Å². The van der Waals surface area contributed by atoms with E-state index in [-0.39, 0.29) is 11.5 Å². The summed E-state index contributed by atoms with van der Waals surface area (Å²) >= 11 is 0. The van der Waals surface area contributed by atoms with E-state index in [4.69, 9.17) is 9.47 Å². The summed E-state index contributed by atoms with van der Waals surface area (Å²) in [5, 5.41) is 1.63. The lowest BCUT2D eigenvalue weighted by atomic mass is 9.93. The highest BCUT2D eigenvalue weighted by molar-refractivity contribution is 6.32. The molecular formula is C23H22FNO3. The van der Waals surface area contributed by atoms with Gasteiger partial charge >= 0.3 is 0 Å². The number of hydrogen-bond donors (Lipinski definition) is 0. The summed E-state index contributed by atoms with van der Waals surface area (Å²) in [6, 6.07) is 15.6. The van der Waals surface area contributed by atoms with E-state index < -0.39 is 5.82 Å². The molecule has 0 amide bonds. The maximum absolute atomic E-state index is 14.3. The fourth-order valence-corrected chi connectivity index (χ4v) is 3.15. The number of fused-ring (bicyclic) bond motifs is 1. The minimum absolute atomic E-state index is 0.135. The largest absolute Gasteiger partial charge is 0.496 e. The lowest BCUT2D eigenvalue weighted by Gasteiger charge is -2.15. The Morgan fingerprint density at radius 2 is 1.57 bits per heavy atom. The Labute approximate surface area is 163 Å². The van der Waals surface area contributed by atoms with E-state index in [0.29, 0.717) is 22.4 Å². The van der Waals surface area contributed by atoms with Crippen molar-refractivity contribution in [3.63, 3.8) is 0 Å². The zero-order valence-corrected chi connectivity index (χ0v) is 16.3. The lowest BCUT2D eigenvalue weighted by molar-refractivity contribution is 0.105. The number of hydrogen-bond acceptors (Lipinski definition) is 4. The fourth-order valence-electron chi connectivity index (χ4n) is 3.15. The minimum Gasteiger partial charge on any atom is -0.496 e. The van der Waals surface area contributed by atoms with E-state index in [2.05, 4.69) is 0 Å². The Bertz CT molecular complexity index is 1060. The molecule has 3 aromatic rings. The number of ether oxygens (including phenoxy) is 2. The van der Waals surface area contributed by atoms with Gasteiger partial charge in [-0.3, -0.25) is 4.79 Å². The maximum atomic E-state index is 14.3. The summed E-state index contributed by atoms with van der Waals surface area (Å²) in [5.74, 6) is 0.116. The number of methoxy groups -OCH3 is 2. The molecule has 0 bridgehead atoms. The molecule has 0 spiro atoms. The van der Waals surface area contributed by atoms with Crippen LogP contribution in [0.25, 0.3) is 16.3 Å². The quantitative estimate of drug-likeness (QED) is 0.456. The van der Waals surface area contributed by atoms with Gasteiger partial charge in [0, 0.05) is 36.8 Å². The van der Waals surface area contributed by atoms with Crippen molar-refractivity contribution in [1.82, 2.24) is 4.90 Å². The highest BCUT2D eigenvalue weighted by atomic mass is 19.1. The average Bonchev–Trinajstić information content (AvgIpc) is 2.70. The Hall–Kier alpha value is -3.34. The van der Waals surface area contributed by atoms with Gasteiger partial charge in [-0.25, -0.2) is 4.39 Å². The second-order valence-corrected chi connectivity index (χ2v) is 6.55. The highest BCUT2D eigenvalue weighted by Crippen LogP contribution is 2.32. The molecule has 144 valence electrons. The fraction of sp³-hybridized carbons (Fsp3) is 0.174. The average molecular weight is 379 g/mol. The normalized spacial score (nSPS) is 11.4. The van der Waals surface area contributed by atoms with Gasteiger partial charge in [-0.15, -0.1) is 0 Å². The van der Waals surface area contributed by atoms with E-state index in [1.165, 1.54) is 19.2 Å². The topological polar surface area (TPSA) is 38.8 Å². The smallest absolute Gasteiger partial charge is 0.195 e. The van der Waals surface area contributed by atoms with Crippen LogP contribution in [0.5, 0.6) is 11.5 Å². The van der Waals surface area contributed by atoms with Crippen LogP contribution in [0.2, 0.25) is 0 Å². The van der Waals surface area contributed by atoms with Crippen molar-refractivity contribution in [2.24, 2.45) is 0 Å². The standard InChI is InChI=1S/C23H22FNO3/c1-25(2)14-19(15-9-11-22(28-4)20(24)13-15)23(26)18-10-12-21(27-3)17-8-6-5-7-16(17)18/h5-14H,1-4H3/b19-14+. The molecule has 0 saturated carbocycles. The first-order valence-corrected chi connectivity index (χ1v) is 8.79. The molecule has 0 aromatic heterocycles. The van der Waals surface area contributed by atoms with Crippen molar-refractivity contribution in [1.29, 1.82) is 0 Å². The number of ketones is 1. The Kier molecular flexibility index (Phi) is 5.64. The number of carbonyl (C=O) groups is 1. The molecule has 0 saturated heterocycles. The summed E-state index contributed by atoms with van der Waals surface area (Å²) in [4.78, 5) is 15.2. The van der Waals surface area contributed by atoms with E-state index in [0.717, 1.165) is 10.8 Å². The van der Waals surface area contributed by atoms with E-state index in [1.807, 2.05) is 38.4 Å². The van der Waals surface area contributed by atoms with Gasteiger partial charge < -0.3 is 14.4 Å². The SMILES string of the molecule is COc1ccc(/C(=C\N(C)C)C(=O)c2ccc(OC)c3ccccc23)cc1F. The Morgan fingerprint density at radius 1 is 0.929 bits per heavy atom. The van der Waals surface area contributed by atoms with Crippen LogP contribution in [0.3, 0.4) is 0 Å². The maximum Gasteiger partial charge on any atom is 0.195 e. The van der Waals surface area contributed by atoms with Gasteiger partial charge in [-0.05, 0) is 35.2 Å². The zero-order valence-electron chi connectivity index (χ0n) is 16.3. The third kappa shape index (κ3) is 3.69. The number of halogens is 1. The van der Waals surface area contributed by atoms with Gasteiger partial charge in [0.2, 0.25) is 0 Å². The number of rotatable bonds is 6. The number of allylic oxidation sites excluding steroid dienone is 1. The van der Waals surface area contributed by atoms with E-state index >= 15 is 0 Å². The number of Topliss-reactive ketones (excluding diaryl/α,β-unsaturated/α-hetero) is 1. The molecule has 0 radical (unpaired) electrons. The molecule has 4 nitrogen and oxygen atoms in total. The van der Waals surface area contributed by atoms with E-state index in [1.54, 1.807) is 36.4 Å². The molecule has 28 heavy (non-hydrogen) atoms. The van der Waals surface area contributed by atoms with Crippen LogP contribution in [-0.2, 0) is 0 Å². The molecular weight excluding hydrogens is 357 g/mol. The van der Waals surface area contributed by atoms with Crippen LogP contribution in [0, 0.1) is 5.82 Å². The first-order chi connectivity index (χ1) is 13.5. The third-order valence-electron chi connectivity index (χ3n) is 4.44. The molecule has 0 unspecified atom stereocenters. The number of carbonyl (C=O) groups excluding carboxylic acids is 1. The van der Waals surface area contributed by atoms with Crippen molar-refractivity contribution in [2.45, 2.75) is 0 Å². The second-order valence-electron chi connectivity index (χ2n) is 6.55. The number of nitrogens with zero attached hydrogens (tertiary/aromatic N) is 1. The van der Waals surface area contributed by atoms with Crippen molar-refractivity contribution < 1.29 is 18.7 Å². The van der Waals surface area contributed by atoms with Crippen LogP contribution in [-0.4, -0.2) is 39.0 Å². The summed E-state index contributed by atoms with van der Waals surface area (Å²) in [6.45, 7) is 0. The van der Waals surface area contributed by atoms with Gasteiger partial charge in [-0.1, -0.05) is 30.3 Å². The van der Waals surface area contributed by atoms with Crippen molar-refractivity contribution in [3.05, 3.63) is 77.7 Å². The summed E-state index contributed by atoms with van der Waals surface area (Å²) < 4.78 is 24.7. The Morgan fingerprint density at radius 3 is 2.18 bits per heavy atom. The minimum atomic E-state index is -0.517. The third-order valence-corrected chi connectivity index (χ3v) is 4.44. The van der Waals surface area contributed by atoms with Crippen molar-refractivity contribution >= 4 is 22.1 Å². The zero-order chi connectivity index (χ0) is 20.3. The Balaban J connectivity index is 2.17. The summed E-state index contributed by atoms with van der Waals surface area (Å²) in [5.41, 5.74) is 1.40. The molecule has 0 heterocycles. The monoisotopic (exact) mass is 379 g/mol. The van der Waals surface area contributed by atoms with Crippen LogP contribution < -0.4 is 9.47 Å². The predicted octanol–water partition coefficient (Wildman–Crippen LogP) is 4.78. The molecule has 0 aliphatic carbocycles. The van der Waals surface area contributed by atoms with Gasteiger partial charge in [-0.2, -0.15) is 0 Å². The van der Waals surface area contributed by atoms with Gasteiger partial charge in [0.1, 0.15) is 5.75 Å². The molecule has 3 aromatic carbocycles. The van der Waals surface area contributed by atoms with Gasteiger partial charge in [0.05, 0.1) is 14.2 Å². The first kappa shape index (κ1) is 19.4. The highest BCUT2D eigenvalue weighted by Gasteiger charge is 2.20. The van der Waals surface area contributed by atoms with Crippen LogP contribution in [0.4, 0.5) is 4.39 Å². The summed E-state index contributed by atoms with van der Waals surface area (Å²) in [6.07, 6.45) is 1.70. The second kappa shape index (κ2) is 8.13. The van der Waals surface area contributed by atoms with Crippen molar-refractivity contribution in [3.8, 4) is 11.5 Å². The molecule has 5 heteroatoms. The summed E-state index contributed by atoms with van der Waals surface area (Å²) in [7, 11) is 6.64. The van der Waals surface area contributed by atoms with Gasteiger partial charge in [0.25, 0.3) is 0 Å². The van der Waals surface area contributed by atoms with Gasteiger partial charge in [0.15, 0.2) is 17.3 Å². The number of benzene rings is 3. The first-order valence-electron chi connectivity index (χ1n) is 8.79. The molecule has 3 rings (SSSR count). The van der Waals surface area contributed by atoms with Crippen LogP contribution in [0.15, 0.2) is 60.8 Å². The molecule has 0 fully saturated rings. The van der Waals surface area contributed by atoms with E-state index in [9.17, 15) is 9.18 Å². The molecule has 0 N–H and O–H groups in total. The predicted molar refractivity (Wildman–Crippen MR) is 109 cm³/mol.